The van der Waals surface area contributed by atoms with Gasteiger partial charge < -0.3 is 5.73 Å². The van der Waals surface area contributed by atoms with Crippen LogP contribution in [0.5, 0.6) is 0 Å². The third kappa shape index (κ3) is 2.80. The number of pyridine rings is 2. The van der Waals surface area contributed by atoms with Gasteiger partial charge in [-0.15, -0.1) is 0 Å². The normalized spacial score (nSPS) is 13.2. The average Bonchev–Trinajstić information content (AvgIpc) is 2.45. The van der Waals surface area contributed by atoms with Crippen molar-refractivity contribution in [2.45, 2.75) is 25.6 Å². The standard InChI is InChI=1S/C14H14F3N3/c1-2-9-7-19-5-3-10(9)13(18)11-8-20-6-4-12(11)14(15,16)17/h3-8,13H,2,18H2,1H3. The van der Waals surface area contributed by atoms with E-state index in [1.807, 2.05) is 6.92 Å². The molecular weight excluding hydrogens is 267 g/mol. The van der Waals surface area contributed by atoms with E-state index in [0.717, 1.165) is 17.8 Å². The fraction of sp³-hybridized carbons (Fsp3) is 0.286. The number of hydrogen-bond donors (Lipinski definition) is 1. The summed E-state index contributed by atoms with van der Waals surface area (Å²) >= 11 is 0. The van der Waals surface area contributed by atoms with Crippen molar-refractivity contribution < 1.29 is 13.2 Å². The van der Waals surface area contributed by atoms with E-state index in [-0.39, 0.29) is 5.56 Å². The van der Waals surface area contributed by atoms with E-state index in [4.69, 9.17) is 5.73 Å². The van der Waals surface area contributed by atoms with Crippen LogP contribution in [0, 0.1) is 0 Å². The van der Waals surface area contributed by atoms with Crippen LogP contribution >= 0.6 is 0 Å². The van der Waals surface area contributed by atoms with Crippen LogP contribution in [0.25, 0.3) is 0 Å². The molecule has 0 fully saturated rings. The minimum atomic E-state index is -4.45. The predicted molar refractivity (Wildman–Crippen MR) is 68.9 cm³/mol. The summed E-state index contributed by atoms with van der Waals surface area (Å²) < 4.78 is 39.0. The van der Waals surface area contributed by atoms with E-state index in [0.29, 0.717) is 12.0 Å². The molecule has 2 aromatic rings. The van der Waals surface area contributed by atoms with Crippen LogP contribution in [0.2, 0.25) is 0 Å². The monoisotopic (exact) mass is 281 g/mol. The Morgan fingerprint density at radius 3 is 2.40 bits per heavy atom. The van der Waals surface area contributed by atoms with Crippen molar-refractivity contribution in [1.82, 2.24) is 9.97 Å². The lowest BCUT2D eigenvalue weighted by molar-refractivity contribution is -0.138. The second-order valence-corrected chi connectivity index (χ2v) is 4.37. The SMILES string of the molecule is CCc1cnccc1C(N)c1cnccc1C(F)(F)F. The molecule has 106 valence electrons. The van der Waals surface area contributed by atoms with E-state index in [2.05, 4.69) is 9.97 Å². The molecule has 2 aromatic heterocycles. The minimum absolute atomic E-state index is 0.0269. The third-order valence-electron chi connectivity index (χ3n) is 3.15. The van der Waals surface area contributed by atoms with Crippen molar-refractivity contribution >= 4 is 0 Å². The van der Waals surface area contributed by atoms with Gasteiger partial charge >= 0.3 is 6.18 Å². The maximum atomic E-state index is 13.0. The lowest BCUT2D eigenvalue weighted by Crippen LogP contribution is -2.20. The number of aryl methyl sites for hydroxylation is 1. The van der Waals surface area contributed by atoms with E-state index in [9.17, 15) is 13.2 Å². The molecule has 0 aromatic carbocycles. The van der Waals surface area contributed by atoms with Gasteiger partial charge in [0.15, 0.2) is 0 Å². The Balaban J connectivity index is 2.52. The van der Waals surface area contributed by atoms with Crippen molar-refractivity contribution in [3.63, 3.8) is 0 Å². The molecule has 6 heteroatoms. The van der Waals surface area contributed by atoms with Gasteiger partial charge in [0, 0.05) is 30.4 Å². The lowest BCUT2D eigenvalue weighted by Gasteiger charge is -2.19. The van der Waals surface area contributed by atoms with Gasteiger partial charge in [0.1, 0.15) is 0 Å². The highest BCUT2D eigenvalue weighted by atomic mass is 19.4. The van der Waals surface area contributed by atoms with Crippen molar-refractivity contribution in [1.29, 1.82) is 0 Å². The molecule has 2 rings (SSSR count). The number of alkyl halides is 3. The molecule has 0 spiro atoms. The maximum Gasteiger partial charge on any atom is 0.416 e. The van der Waals surface area contributed by atoms with Crippen molar-refractivity contribution in [3.8, 4) is 0 Å². The smallest absolute Gasteiger partial charge is 0.320 e. The molecular formula is C14H14F3N3. The summed E-state index contributed by atoms with van der Waals surface area (Å²) in [4.78, 5) is 7.74. The second kappa shape index (κ2) is 5.58. The Hall–Kier alpha value is -1.95. The molecule has 0 amide bonds. The molecule has 1 atom stereocenters. The van der Waals surface area contributed by atoms with Gasteiger partial charge in [0.25, 0.3) is 0 Å². The minimum Gasteiger partial charge on any atom is -0.320 e. The predicted octanol–water partition coefficient (Wildman–Crippen LogP) is 3.11. The molecule has 20 heavy (non-hydrogen) atoms. The zero-order valence-corrected chi connectivity index (χ0v) is 10.9. The van der Waals surface area contributed by atoms with Crippen LogP contribution in [-0.4, -0.2) is 9.97 Å². The largest absolute Gasteiger partial charge is 0.416 e. The number of nitrogens with two attached hydrogens (primary N) is 1. The highest BCUT2D eigenvalue weighted by Crippen LogP contribution is 2.35. The number of halogens is 3. The first kappa shape index (κ1) is 14.5. The van der Waals surface area contributed by atoms with Crippen LogP contribution in [0.15, 0.2) is 36.9 Å². The highest BCUT2D eigenvalue weighted by molar-refractivity contribution is 5.39. The van der Waals surface area contributed by atoms with Crippen LogP contribution in [0.3, 0.4) is 0 Å². The van der Waals surface area contributed by atoms with Gasteiger partial charge in [-0.2, -0.15) is 13.2 Å². The molecule has 0 aliphatic carbocycles. The topological polar surface area (TPSA) is 51.8 Å². The Morgan fingerprint density at radius 1 is 1.10 bits per heavy atom. The summed E-state index contributed by atoms with van der Waals surface area (Å²) in [6.45, 7) is 1.90. The second-order valence-electron chi connectivity index (χ2n) is 4.37. The number of aromatic nitrogens is 2. The van der Waals surface area contributed by atoms with Gasteiger partial charge in [-0.05, 0) is 29.7 Å². The molecule has 0 radical (unpaired) electrons. The molecule has 3 nitrogen and oxygen atoms in total. The molecule has 0 bridgehead atoms. The van der Waals surface area contributed by atoms with Gasteiger partial charge in [-0.3, -0.25) is 9.97 Å². The lowest BCUT2D eigenvalue weighted by atomic mass is 9.93. The Labute approximate surface area is 114 Å². The molecule has 0 aliphatic rings. The maximum absolute atomic E-state index is 13.0. The molecule has 0 saturated heterocycles. The molecule has 1 unspecified atom stereocenters. The van der Waals surface area contributed by atoms with Crippen molar-refractivity contribution in [2.24, 2.45) is 5.73 Å². The van der Waals surface area contributed by atoms with E-state index >= 15 is 0 Å². The fourth-order valence-electron chi connectivity index (χ4n) is 2.12. The summed E-state index contributed by atoms with van der Waals surface area (Å²) in [6.07, 6.45) is 1.64. The molecule has 0 aliphatic heterocycles. The third-order valence-corrected chi connectivity index (χ3v) is 3.15. The van der Waals surface area contributed by atoms with E-state index < -0.39 is 17.8 Å². The van der Waals surface area contributed by atoms with Gasteiger partial charge in [-0.25, -0.2) is 0 Å². The zero-order valence-electron chi connectivity index (χ0n) is 10.9. The van der Waals surface area contributed by atoms with Crippen LogP contribution in [-0.2, 0) is 12.6 Å². The number of rotatable bonds is 3. The molecule has 0 saturated carbocycles. The summed E-state index contributed by atoms with van der Waals surface area (Å²) in [6, 6.07) is 1.72. The van der Waals surface area contributed by atoms with Crippen LogP contribution in [0.1, 0.15) is 35.2 Å². The zero-order chi connectivity index (χ0) is 14.8. The van der Waals surface area contributed by atoms with Crippen LogP contribution < -0.4 is 5.73 Å². The Morgan fingerprint density at radius 2 is 1.75 bits per heavy atom. The Bertz CT molecular complexity index is 596. The first-order valence-corrected chi connectivity index (χ1v) is 6.14. The first-order chi connectivity index (χ1) is 9.45. The van der Waals surface area contributed by atoms with Crippen molar-refractivity contribution in [2.75, 3.05) is 0 Å². The summed E-state index contributed by atoms with van der Waals surface area (Å²) in [5.74, 6) is 0. The van der Waals surface area contributed by atoms with Crippen molar-refractivity contribution in [3.05, 3.63) is 59.2 Å². The summed E-state index contributed by atoms with van der Waals surface area (Å²) in [5.41, 5.74) is 6.71. The van der Waals surface area contributed by atoms with Gasteiger partial charge in [0.2, 0.25) is 0 Å². The summed E-state index contributed by atoms with van der Waals surface area (Å²) in [7, 11) is 0. The quantitative estimate of drug-likeness (QED) is 0.940. The molecule has 2 N–H and O–H groups in total. The van der Waals surface area contributed by atoms with E-state index in [1.54, 1.807) is 12.3 Å². The number of hydrogen-bond acceptors (Lipinski definition) is 3. The van der Waals surface area contributed by atoms with Crippen LogP contribution in [0.4, 0.5) is 13.2 Å². The van der Waals surface area contributed by atoms with Gasteiger partial charge in [-0.1, -0.05) is 6.92 Å². The van der Waals surface area contributed by atoms with E-state index in [1.165, 1.54) is 12.4 Å². The number of nitrogens with zero attached hydrogens (tertiary/aromatic N) is 2. The summed E-state index contributed by atoms with van der Waals surface area (Å²) in [5, 5.41) is 0. The molecule has 2 heterocycles. The van der Waals surface area contributed by atoms with Gasteiger partial charge in [0.05, 0.1) is 11.6 Å². The highest BCUT2D eigenvalue weighted by Gasteiger charge is 2.35. The fourth-order valence-corrected chi connectivity index (χ4v) is 2.12. The Kier molecular flexibility index (Phi) is 4.04. The first-order valence-electron chi connectivity index (χ1n) is 6.14. The average molecular weight is 281 g/mol.